The van der Waals surface area contributed by atoms with Crippen LogP contribution in [0.2, 0.25) is 0 Å². The minimum atomic E-state index is -0.777. The number of ether oxygens (including phenoxy) is 3. The van der Waals surface area contributed by atoms with Gasteiger partial charge in [0, 0.05) is 19.3 Å². The molecule has 0 aliphatic heterocycles. The van der Waals surface area contributed by atoms with Gasteiger partial charge in [-0.3, -0.25) is 14.4 Å². The number of carbonyl (C=O) groups is 3. The van der Waals surface area contributed by atoms with E-state index in [-0.39, 0.29) is 31.1 Å². The monoisotopic (exact) mass is 1140 g/mol. The topological polar surface area (TPSA) is 78.9 Å². The summed E-state index contributed by atoms with van der Waals surface area (Å²) in [4.78, 5) is 38.5. The third kappa shape index (κ3) is 68.0. The standard InChI is InChI=1S/C75H138O6/c1-4-7-10-13-16-19-22-25-28-31-34-35-36-37-38-39-42-44-47-50-53-56-59-62-65-68-74(77)80-71-72(81-75(78)69-66-63-60-57-54-51-48-45-41-33-30-27-24-21-18-15-12-9-6-3)70-79-73(76)67-64-61-58-55-52-49-46-43-40-32-29-26-23-20-17-14-11-8-5-2/h17-18,20-21,26-27,29-30,72H,4-16,19,22-25,28,31-71H2,1-3H3/b20-17-,21-18-,29-26-,30-27-. The van der Waals surface area contributed by atoms with Crippen molar-refractivity contribution in [3.8, 4) is 0 Å². The van der Waals surface area contributed by atoms with Crippen LogP contribution in [-0.4, -0.2) is 37.2 Å². The zero-order chi connectivity index (χ0) is 58.5. The maximum absolute atomic E-state index is 13.0. The van der Waals surface area contributed by atoms with Crippen LogP contribution in [0.3, 0.4) is 0 Å². The van der Waals surface area contributed by atoms with Crippen LogP contribution >= 0.6 is 0 Å². The lowest BCUT2D eigenvalue weighted by molar-refractivity contribution is -0.167. The molecule has 81 heavy (non-hydrogen) atoms. The molecular weight excluding hydrogens is 997 g/mol. The number of carbonyl (C=O) groups excluding carboxylic acids is 3. The predicted molar refractivity (Wildman–Crippen MR) is 353 cm³/mol. The van der Waals surface area contributed by atoms with Gasteiger partial charge in [-0.2, -0.15) is 0 Å². The van der Waals surface area contributed by atoms with Gasteiger partial charge in [0.15, 0.2) is 6.10 Å². The number of hydrogen-bond donors (Lipinski definition) is 0. The third-order valence-electron chi connectivity index (χ3n) is 16.3. The number of rotatable bonds is 67. The normalized spacial score (nSPS) is 12.3. The average molecular weight is 1140 g/mol. The van der Waals surface area contributed by atoms with E-state index in [1.807, 2.05) is 0 Å². The first kappa shape index (κ1) is 78.4. The molecule has 474 valence electrons. The molecule has 0 aliphatic rings. The van der Waals surface area contributed by atoms with Crippen LogP contribution in [-0.2, 0) is 28.6 Å². The van der Waals surface area contributed by atoms with Crippen molar-refractivity contribution in [3.63, 3.8) is 0 Å². The molecule has 6 heteroatoms. The van der Waals surface area contributed by atoms with Crippen LogP contribution in [0.5, 0.6) is 0 Å². The highest BCUT2D eigenvalue weighted by Crippen LogP contribution is 2.18. The van der Waals surface area contributed by atoms with Crippen molar-refractivity contribution in [1.29, 1.82) is 0 Å². The number of esters is 3. The molecule has 0 heterocycles. The summed E-state index contributed by atoms with van der Waals surface area (Å²) >= 11 is 0. The lowest BCUT2D eigenvalue weighted by atomic mass is 10.0. The van der Waals surface area contributed by atoms with Crippen LogP contribution in [0.15, 0.2) is 48.6 Å². The molecule has 0 amide bonds. The Morgan fingerprint density at radius 3 is 0.704 bits per heavy atom. The molecule has 1 atom stereocenters. The molecule has 0 fully saturated rings. The van der Waals surface area contributed by atoms with Gasteiger partial charge in [0.2, 0.25) is 0 Å². The molecule has 0 saturated heterocycles. The number of unbranched alkanes of at least 4 members (excludes halogenated alkanes) is 48. The predicted octanol–water partition coefficient (Wildman–Crippen LogP) is 24.9. The van der Waals surface area contributed by atoms with Gasteiger partial charge in [0.25, 0.3) is 0 Å². The smallest absolute Gasteiger partial charge is 0.306 e. The Bertz CT molecular complexity index is 1400. The summed E-state index contributed by atoms with van der Waals surface area (Å²) in [6.07, 6.45) is 88.5. The lowest BCUT2D eigenvalue weighted by Crippen LogP contribution is -2.30. The first-order valence-corrected chi connectivity index (χ1v) is 36.1. The summed E-state index contributed by atoms with van der Waals surface area (Å²) in [5.41, 5.74) is 0. The van der Waals surface area contributed by atoms with Crippen LogP contribution in [0.1, 0.15) is 393 Å². The van der Waals surface area contributed by atoms with Crippen LogP contribution < -0.4 is 0 Å². The highest BCUT2D eigenvalue weighted by atomic mass is 16.6. The van der Waals surface area contributed by atoms with E-state index < -0.39 is 6.10 Å². The summed E-state index contributed by atoms with van der Waals surface area (Å²) in [5.74, 6) is -0.852. The van der Waals surface area contributed by atoms with E-state index in [2.05, 4.69) is 69.4 Å². The quantitative estimate of drug-likeness (QED) is 0.0261. The van der Waals surface area contributed by atoms with Crippen molar-refractivity contribution >= 4 is 17.9 Å². The fourth-order valence-corrected chi connectivity index (χ4v) is 10.9. The zero-order valence-electron chi connectivity index (χ0n) is 54.6. The maximum atomic E-state index is 13.0. The van der Waals surface area contributed by atoms with E-state index in [1.54, 1.807) is 0 Å². The van der Waals surface area contributed by atoms with Gasteiger partial charge in [-0.15, -0.1) is 0 Å². The van der Waals surface area contributed by atoms with Crippen molar-refractivity contribution < 1.29 is 28.6 Å². The molecule has 0 saturated carbocycles. The van der Waals surface area contributed by atoms with Crippen molar-refractivity contribution in [2.24, 2.45) is 0 Å². The second-order valence-corrected chi connectivity index (χ2v) is 24.5. The molecule has 1 unspecified atom stereocenters. The summed E-state index contributed by atoms with van der Waals surface area (Å²) in [6.45, 7) is 6.66. The molecule has 0 rings (SSSR count). The number of hydrogen-bond acceptors (Lipinski definition) is 6. The molecule has 6 nitrogen and oxygen atoms in total. The molecule has 0 aromatic rings. The maximum Gasteiger partial charge on any atom is 0.306 e. The van der Waals surface area contributed by atoms with Crippen molar-refractivity contribution in [2.75, 3.05) is 13.2 Å². The van der Waals surface area contributed by atoms with Crippen molar-refractivity contribution in [3.05, 3.63) is 48.6 Å². The minimum absolute atomic E-state index is 0.0718. The molecule has 0 aromatic heterocycles. The van der Waals surface area contributed by atoms with E-state index in [0.29, 0.717) is 19.3 Å². The van der Waals surface area contributed by atoms with E-state index in [0.717, 1.165) is 70.6 Å². The third-order valence-corrected chi connectivity index (χ3v) is 16.3. The van der Waals surface area contributed by atoms with Gasteiger partial charge in [-0.05, 0) is 83.5 Å². The highest BCUT2D eigenvalue weighted by molar-refractivity contribution is 5.71. The Hall–Kier alpha value is -2.63. The van der Waals surface area contributed by atoms with Gasteiger partial charge in [-0.1, -0.05) is 339 Å². The van der Waals surface area contributed by atoms with E-state index in [4.69, 9.17) is 14.2 Å². The molecule has 0 radical (unpaired) electrons. The molecule has 0 spiro atoms. The Kier molecular flexibility index (Phi) is 67.6. The van der Waals surface area contributed by atoms with Crippen molar-refractivity contribution in [1.82, 2.24) is 0 Å². The van der Waals surface area contributed by atoms with Crippen molar-refractivity contribution in [2.45, 2.75) is 399 Å². The Morgan fingerprint density at radius 1 is 0.247 bits per heavy atom. The van der Waals surface area contributed by atoms with E-state index in [9.17, 15) is 14.4 Å². The van der Waals surface area contributed by atoms with Gasteiger partial charge >= 0.3 is 17.9 Å². The second-order valence-electron chi connectivity index (χ2n) is 24.5. The zero-order valence-corrected chi connectivity index (χ0v) is 54.6. The molecule has 0 aliphatic carbocycles. The van der Waals surface area contributed by atoms with Crippen LogP contribution in [0.4, 0.5) is 0 Å². The molecular formula is C75H138O6. The summed E-state index contributed by atoms with van der Waals surface area (Å²) < 4.78 is 17.0. The van der Waals surface area contributed by atoms with Crippen LogP contribution in [0, 0.1) is 0 Å². The highest BCUT2D eigenvalue weighted by Gasteiger charge is 2.19. The Balaban J connectivity index is 4.30. The molecule has 0 aromatic carbocycles. The largest absolute Gasteiger partial charge is 0.462 e. The SMILES string of the molecule is CCCCC/C=C\C/C=C\CCCCCCCCCCCC(=O)OCC(COC(=O)CCCCCCCCCCCCCCCCCCCCCCCCCCC)OC(=O)CCCCCCCCCCC/C=C\C/C=C\CCCCC. The molecule has 0 bridgehead atoms. The Morgan fingerprint density at radius 2 is 0.444 bits per heavy atom. The Labute approximate surface area is 505 Å². The first-order valence-electron chi connectivity index (χ1n) is 36.1. The van der Waals surface area contributed by atoms with E-state index >= 15 is 0 Å². The van der Waals surface area contributed by atoms with Gasteiger partial charge in [0.05, 0.1) is 0 Å². The van der Waals surface area contributed by atoms with Gasteiger partial charge in [0.1, 0.15) is 13.2 Å². The first-order chi connectivity index (χ1) is 40.0. The summed E-state index contributed by atoms with van der Waals surface area (Å²) in [7, 11) is 0. The minimum Gasteiger partial charge on any atom is -0.462 e. The van der Waals surface area contributed by atoms with Gasteiger partial charge < -0.3 is 14.2 Å². The van der Waals surface area contributed by atoms with Crippen LogP contribution in [0.25, 0.3) is 0 Å². The fraction of sp³-hybridized carbons (Fsp3) is 0.853. The summed E-state index contributed by atoms with van der Waals surface area (Å²) in [6, 6.07) is 0. The lowest BCUT2D eigenvalue weighted by Gasteiger charge is -2.18. The number of allylic oxidation sites excluding steroid dienone is 8. The van der Waals surface area contributed by atoms with E-state index in [1.165, 1.54) is 283 Å². The average Bonchev–Trinajstić information content (AvgIpc) is 3.47. The summed E-state index contributed by atoms with van der Waals surface area (Å²) in [5, 5.41) is 0. The fourth-order valence-electron chi connectivity index (χ4n) is 10.9. The van der Waals surface area contributed by atoms with Gasteiger partial charge in [-0.25, -0.2) is 0 Å². The molecule has 0 N–H and O–H groups in total. The second kappa shape index (κ2) is 69.9.